The minimum atomic E-state index is -0.382. The summed E-state index contributed by atoms with van der Waals surface area (Å²) < 4.78 is 4.96. The van der Waals surface area contributed by atoms with Crippen LogP contribution in [0.4, 0.5) is 0 Å². The lowest BCUT2D eigenvalue weighted by Gasteiger charge is -2.07. The van der Waals surface area contributed by atoms with E-state index in [1.54, 1.807) is 0 Å². The molecule has 4 N–H and O–H groups in total. The minimum absolute atomic E-state index is 0.194. The van der Waals surface area contributed by atoms with Crippen LogP contribution in [0.25, 0.3) is 0 Å². The summed E-state index contributed by atoms with van der Waals surface area (Å²) in [4.78, 5) is 10.3. The van der Waals surface area contributed by atoms with Crippen molar-refractivity contribution >= 4 is 5.91 Å². The van der Waals surface area contributed by atoms with E-state index >= 15 is 0 Å². The molecule has 0 heterocycles. The molecule has 1 unspecified atom stereocenters. The molecular weight excluding hydrogens is 132 g/mol. The first-order valence-electron chi connectivity index (χ1n) is 3.28. The van der Waals surface area contributed by atoms with Gasteiger partial charge in [0.2, 0.25) is 5.91 Å². The lowest BCUT2D eigenvalue weighted by Crippen LogP contribution is -2.31. The van der Waals surface area contributed by atoms with Crippen LogP contribution in [0.5, 0.6) is 0 Å². The van der Waals surface area contributed by atoms with Gasteiger partial charge >= 0.3 is 0 Å². The third-order valence-corrected chi connectivity index (χ3v) is 0.999. The summed E-state index contributed by atoms with van der Waals surface area (Å²) in [5.74, 6) is -0.382. The molecule has 4 heteroatoms. The fourth-order valence-electron chi connectivity index (χ4n) is 0.587. The summed E-state index contributed by atoms with van der Waals surface area (Å²) >= 11 is 0. The third-order valence-electron chi connectivity index (χ3n) is 0.999. The molecule has 0 aromatic rings. The van der Waals surface area contributed by atoms with Crippen LogP contribution in [0.15, 0.2) is 0 Å². The van der Waals surface area contributed by atoms with E-state index in [1.807, 2.05) is 6.92 Å². The van der Waals surface area contributed by atoms with E-state index in [1.165, 1.54) is 0 Å². The number of nitrogens with two attached hydrogens (primary N) is 2. The Balaban J connectivity index is 3.25. The van der Waals surface area contributed by atoms with E-state index in [-0.39, 0.29) is 18.4 Å². The summed E-state index contributed by atoms with van der Waals surface area (Å²) in [6, 6.07) is -0.252. The van der Waals surface area contributed by atoms with Gasteiger partial charge in [-0.25, -0.2) is 0 Å². The first-order valence-corrected chi connectivity index (χ1v) is 3.28. The fourth-order valence-corrected chi connectivity index (χ4v) is 0.587. The number of primary amides is 1. The molecule has 0 radical (unpaired) electrons. The maximum atomic E-state index is 10.3. The molecule has 0 aliphatic carbocycles. The molecule has 0 aromatic carbocycles. The largest absolute Gasteiger partial charge is 0.380 e. The number of amides is 1. The van der Waals surface area contributed by atoms with E-state index in [9.17, 15) is 4.79 Å². The Labute approximate surface area is 60.5 Å². The van der Waals surface area contributed by atoms with Gasteiger partial charge < -0.3 is 16.2 Å². The van der Waals surface area contributed by atoms with Crippen molar-refractivity contribution in [3.8, 4) is 0 Å². The number of rotatable bonds is 5. The van der Waals surface area contributed by atoms with Crippen molar-refractivity contribution in [3.63, 3.8) is 0 Å². The van der Waals surface area contributed by atoms with Crippen molar-refractivity contribution in [1.29, 1.82) is 0 Å². The smallest absolute Gasteiger partial charge is 0.219 e. The molecule has 0 bridgehead atoms. The molecule has 1 amide bonds. The summed E-state index contributed by atoms with van der Waals surface area (Å²) in [6.45, 7) is 2.89. The van der Waals surface area contributed by atoms with E-state index in [0.717, 1.165) is 0 Å². The number of ether oxygens (including phenoxy) is 1. The molecule has 10 heavy (non-hydrogen) atoms. The first kappa shape index (κ1) is 9.39. The van der Waals surface area contributed by atoms with E-state index < -0.39 is 0 Å². The van der Waals surface area contributed by atoms with Gasteiger partial charge in [-0.15, -0.1) is 0 Å². The van der Waals surface area contributed by atoms with Crippen molar-refractivity contribution in [2.75, 3.05) is 13.2 Å². The molecule has 4 nitrogen and oxygen atoms in total. The SMILES string of the molecule is CCOCC(N)CC(N)=O. The Hall–Kier alpha value is -0.610. The number of hydrogen-bond donors (Lipinski definition) is 2. The quantitative estimate of drug-likeness (QED) is 0.534. The van der Waals surface area contributed by atoms with Gasteiger partial charge in [0.05, 0.1) is 6.61 Å². The van der Waals surface area contributed by atoms with E-state index in [2.05, 4.69) is 0 Å². The van der Waals surface area contributed by atoms with Gasteiger partial charge in [0.15, 0.2) is 0 Å². The predicted octanol–water partition coefficient (Wildman–Crippen LogP) is -0.774. The number of carbonyl (C=O) groups is 1. The van der Waals surface area contributed by atoms with Crippen LogP contribution in [0.2, 0.25) is 0 Å². The van der Waals surface area contributed by atoms with Gasteiger partial charge in [-0.1, -0.05) is 0 Å². The number of carbonyl (C=O) groups excluding carboxylic acids is 1. The first-order chi connectivity index (χ1) is 4.66. The van der Waals surface area contributed by atoms with Gasteiger partial charge in [0, 0.05) is 19.1 Å². The van der Waals surface area contributed by atoms with Crippen LogP contribution in [-0.2, 0) is 9.53 Å². The normalized spacial score (nSPS) is 13.0. The van der Waals surface area contributed by atoms with Gasteiger partial charge in [0.25, 0.3) is 0 Å². The van der Waals surface area contributed by atoms with Crippen molar-refractivity contribution in [2.24, 2.45) is 11.5 Å². The molecule has 0 aromatic heterocycles. The fraction of sp³-hybridized carbons (Fsp3) is 0.833. The monoisotopic (exact) mass is 146 g/mol. The van der Waals surface area contributed by atoms with Crippen molar-refractivity contribution in [2.45, 2.75) is 19.4 Å². The predicted molar refractivity (Wildman–Crippen MR) is 38.3 cm³/mol. The van der Waals surface area contributed by atoms with Crippen LogP contribution in [0.3, 0.4) is 0 Å². The molecule has 1 atom stereocenters. The van der Waals surface area contributed by atoms with Gasteiger partial charge in [-0.05, 0) is 6.92 Å². The highest BCUT2D eigenvalue weighted by atomic mass is 16.5. The molecule has 0 spiro atoms. The van der Waals surface area contributed by atoms with Crippen LogP contribution in [0, 0.1) is 0 Å². The van der Waals surface area contributed by atoms with Crippen molar-refractivity contribution < 1.29 is 9.53 Å². The molecule has 0 aliphatic rings. The molecule has 0 saturated carbocycles. The van der Waals surface area contributed by atoms with E-state index in [4.69, 9.17) is 16.2 Å². The van der Waals surface area contributed by atoms with Gasteiger partial charge in [0.1, 0.15) is 0 Å². The maximum Gasteiger partial charge on any atom is 0.219 e. The van der Waals surface area contributed by atoms with Crippen LogP contribution in [0.1, 0.15) is 13.3 Å². The van der Waals surface area contributed by atoms with Crippen LogP contribution < -0.4 is 11.5 Å². The topological polar surface area (TPSA) is 78.3 Å². The molecule has 60 valence electrons. The highest BCUT2D eigenvalue weighted by molar-refractivity contribution is 5.74. The number of hydrogen-bond acceptors (Lipinski definition) is 3. The molecule has 0 aliphatic heterocycles. The average molecular weight is 146 g/mol. The highest BCUT2D eigenvalue weighted by Crippen LogP contribution is 1.87. The summed E-state index contributed by atoms with van der Waals surface area (Å²) in [5.41, 5.74) is 10.3. The molecule has 0 rings (SSSR count). The Morgan fingerprint density at radius 3 is 2.70 bits per heavy atom. The molecule has 0 saturated heterocycles. The van der Waals surface area contributed by atoms with Gasteiger partial charge in [-0.3, -0.25) is 4.79 Å². The highest BCUT2D eigenvalue weighted by Gasteiger charge is 2.04. The van der Waals surface area contributed by atoms with Gasteiger partial charge in [-0.2, -0.15) is 0 Å². The Morgan fingerprint density at radius 1 is 1.70 bits per heavy atom. The average Bonchev–Trinajstić information content (AvgIpc) is 1.82. The Bertz CT molecular complexity index is 106. The second-order valence-corrected chi connectivity index (χ2v) is 2.09. The van der Waals surface area contributed by atoms with Crippen LogP contribution >= 0.6 is 0 Å². The maximum absolute atomic E-state index is 10.3. The molecule has 0 fully saturated rings. The van der Waals surface area contributed by atoms with E-state index in [0.29, 0.717) is 13.2 Å². The third kappa shape index (κ3) is 5.53. The zero-order valence-electron chi connectivity index (χ0n) is 6.17. The second-order valence-electron chi connectivity index (χ2n) is 2.09. The zero-order chi connectivity index (χ0) is 7.98. The Kier molecular flexibility index (Phi) is 4.88. The summed E-state index contributed by atoms with van der Waals surface area (Å²) in [6.07, 6.45) is 0.194. The van der Waals surface area contributed by atoms with Crippen LogP contribution in [-0.4, -0.2) is 25.2 Å². The minimum Gasteiger partial charge on any atom is -0.380 e. The lowest BCUT2D eigenvalue weighted by molar-refractivity contribution is -0.118. The lowest BCUT2D eigenvalue weighted by atomic mass is 10.2. The van der Waals surface area contributed by atoms with Crippen molar-refractivity contribution in [3.05, 3.63) is 0 Å². The standard InChI is InChI=1S/C6H14N2O2/c1-2-10-4-5(7)3-6(8)9/h5H,2-4,7H2,1H3,(H2,8,9). The zero-order valence-corrected chi connectivity index (χ0v) is 6.17. The summed E-state index contributed by atoms with van der Waals surface area (Å²) in [5, 5.41) is 0. The molecular formula is C6H14N2O2. The second kappa shape index (κ2) is 5.20. The Morgan fingerprint density at radius 2 is 2.30 bits per heavy atom. The van der Waals surface area contributed by atoms with Crippen molar-refractivity contribution in [1.82, 2.24) is 0 Å². The summed E-state index contributed by atoms with van der Waals surface area (Å²) in [7, 11) is 0.